The van der Waals surface area contributed by atoms with E-state index >= 15 is 0 Å². The average molecular weight is 565 g/mol. The quantitative estimate of drug-likeness (QED) is 0.196. The van der Waals surface area contributed by atoms with Crippen LogP contribution in [0.25, 0.3) is 0 Å². The first-order valence-electron chi connectivity index (χ1n) is 16.1. The Kier molecular flexibility index (Phi) is 11.0. The Labute approximate surface area is 248 Å². The van der Waals surface area contributed by atoms with Crippen LogP contribution >= 0.6 is 0 Å². The van der Waals surface area contributed by atoms with Crippen LogP contribution < -0.4 is 9.16 Å². The summed E-state index contributed by atoms with van der Waals surface area (Å²) in [5.74, 6) is 2.24. The molecule has 1 heterocycles. The van der Waals surface area contributed by atoms with Gasteiger partial charge in [-0.25, -0.2) is 0 Å². The van der Waals surface area contributed by atoms with Crippen molar-refractivity contribution in [2.75, 3.05) is 0 Å². The smallest absolute Gasteiger partial charge is 0.250 e. The van der Waals surface area contributed by atoms with Gasteiger partial charge in [-0.05, 0) is 153 Å². The second kappa shape index (κ2) is 13.5. The van der Waals surface area contributed by atoms with Crippen molar-refractivity contribution in [3.63, 3.8) is 0 Å². The summed E-state index contributed by atoms with van der Waals surface area (Å²) >= 11 is 0. The van der Waals surface area contributed by atoms with Crippen molar-refractivity contribution >= 4 is 8.32 Å². The predicted molar refractivity (Wildman–Crippen MR) is 178 cm³/mol. The van der Waals surface area contributed by atoms with Crippen molar-refractivity contribution in [1.29, 1.82) is 0 Å². The van der Waals surface area contributed by atoms with Crippen LogP contribution in [0.3, 0.4) is 0 Å². The van der Waals surface area contributed by atoms with Gasteiger partial charge in [0.2, 0.25) is 0 Å². The molecular weight excluding hydrogens is 504 g/mol. The molecule has 224 valence electrons. The molecule has 2 aliphatic rings. The molecule has 0 spiro atoms. The lowest BCUT2D eigenvalue weighted by Crippen LogP contribution is -2.44. The molecule has 0 aromatic heterocycles. The Balaban J connectivity index is 1.56. The second-order valence-corrected chi connectivity index (χ2v) is 19.4. The first kappa shape index (κ1) is 32.8. The van der Waals surface area contributed by atoms with Crippen LogP contribution in [0.5, 0.6) is 11.5 Å². The predicted octanol–water partition coefficient (Wildman–Crippen LogP) is 11.8. The topological polar surface area (TPSA) is 18.5 Å². The van der Waals surface area contributed by atoms with Crippen LogP contribution in [-0.4, -0.2) is 13.9 Å². The molecule has 0 radical (unpaired) electrons. The zero-order valence-electron chi connectivity index (χ0n) is 28.0. The molecule has 3 rings (SSSR count). The molecule has 3 heteroatoms. The van der Waals surface area contributed by atoms with Gasteiger partial charge in [-0.1, -0.05) is 55.7 Å². The third kappa shape index (κ3) is 8.40. The van der Waals surface area contributed by atoms with Gasteiger partial charge in [0.25, 0.3) is 8.32 Å². The highest BCUT2D eigenvalue weighted by Gasteiger charge is 2.41. The van der Waals surface area contributed by atoms with Crippen LogP contribution in [0, 0.1) is 20.8 Å². The SMILES string of the molecule is C/C(=C\CC/C(C)=C/CCC1(C)CCc2c(C)c(O[Si](C)(C)C(C)(C)C)c(C)c(C)c2O1)CCC=C1CCCC1. The van der Waals surface area contributed by atoms with Gasteiger partial charge in [0.1, 0.15) is 17.1 Å². The number of rotatable bonds is 11. The molecule has 1 fully saturated rings. The van der Waals surface area contributed by atoms with Gasteiger partial charge in [-0.2, -0.15) is 0 Å². The van der Waals surface area contributed by atoms with E-state index < -0.39 is 8.32 Å². The van der Waals surface area contributed by atoms with Gasteiger partial charge in [0.15, 0.2) is 0 Å². The molecule has 1 aliphatic carbocycles. The standard InChI is InChI=1S/C37H60O2Si/c1-27(19-15-23-32-21-12-13-22-32)17-14-18-28(2)20-16-25-37(9)26-24-33-31(5)34(29(3)30(4)35(33)38-37)39-40(10,11)36(6,7)8/h17,20,23H,12-16,18-19,21-22,24-26H2,1-11H3/b27-17+,28-20+. The van der Waals surface area contributed by atoms with Crippen molar-refractivity contribution in [3.05, 3.63) is 57.2 Å². The minimum atomic E-state index is -1.91. The monoisotopic (exact) mass is 564 g/mol. The van der Waals surface area contributed by atoms with Crippen molar-refractivity contribution in [2.24, 2.45) is 0 Å². The molecule has 0 saturated heterocycles. The third-order valence-electron chi connectivity index (χ3n) is 10.1. The fourth-order valence-corrected chi connectivity index (χ4v) is 7.05. The lowest BCUT2D eigenvalue weighted by atomic mass is 9.85. The van der Waals surface area contributed by atoms with E-state index in [0.29, 0.717) is 0 Å². The number of allylic oxidation sites excluding steroid dienone is 6. The maximum Gasteiger partial charge on any atom is 0.250 e. The minimum Gasteiger partial charge on any atom is -0.543 e. The Morgan fingerprint density at radius 2 is 1.48 bits per heavy atom. The van der Waals surface area contributed by atoms with Gasteiger partial charge < -0.3 is 9.16 Å². The number of hydrogen-bond donors (Lipinski definition) is 0. The molecule has 0 bridgehead atoms. The fraction of sp³-hybridized carbons (Fsp3) is 0.676. The number of benzene rings is 1. The molecule has 1 aromatic carbocycles. The molecule has 2 nitrogen and oxygen atoms in total. The highest BCUT2D eigenvalue weighted by Crippen LogP contribution is 2.47. The Hall–Kier alpha value is -1.74. The lowest BCUT2D eigenvalue weighted by molar-refractivity contribution is 0.0559. The summed E-state index contributed by atoms with van der Waals surface area (Å²) in [6, 6.07) is 0. The van der Waals surface area contributed by atoms with Gasteiger partial charge in [-0.15, -0.1) is 0 Å². The van der Waals surface area contributed by atoms with Crippen LogP contribution in [0.4, 0.5) is 0 Å². The summed E-state index contributed by atoms with van der Waals surface area (Å²) in [5.41, 5.74) is 9.80. The number of hydrogen-bond acceptors (Lipinski definition) is 2. The fourth-order valence-electron chi connectivity index (χ4n) is 5.93. The van der Waals surface area contributed by atoms with E-state index in [-0.39, 0.29) is 10.6 Å². The number of fused-ring (bicyclic) bond motifs is 1. The molecule has 0 N–H and O–H groups in total. The van der Waals surface area contributed by atoms with Crippen molar-refractivity contribution in [3.8, 4) is 11.5 Å². The summed E-state index contributed by atoms with van der Waals surface area (Å²) in [4.78, 5) is 0. The molecule has 1 unspecified atom stereocenters. The van der Waals surface area contributed by atoms with Crippen LogP contribution in [-0.2, 0) is 6.42 Å². The second-order valence-electron chi connectivity index (χ2n) is 14.7. The molecule has 1 aromatic rings. The average Bonchev–Trinajstić information content (AvgIpc) is 3.38. The molecule has 1 atom stereocenters. The normalized spacial score (nSPS) is 20.4. The van der Waals surface area contributed by atoms with Crippen molar-refractivity contribution < 1.29 is 9.16 Å². The maximum atomic E-state index is 6.87. The zero-order chi connectivity index (χ0) is 29.7. The summed E-state index contributed by atoms with van der Waals surface area (Å²) in [7, 11) is -1.91. The summed E-state index contributed by atoms with van der Waals surface area (Å²) in [6.45, 7) is 25.2. The first-order valence-corrected chi connectivity index (χ1v) is 19.0. The molecule has 1 saturated carbocycles. The van der Waals surface area contributed by atoms with Crippen molar-refractivity contribution in [2.45, 2.75) is 163 Å². The summed E-state index contributed by atoms with van der Waals surface area (Å²) < 4.78 is 13.7. The van der Waals surface area contributed by atoms with E-state index in [9.17, 15) is 0 Å². The van der Waals surface area contributed by atoms with Crippen molar-refractivity contribution in [1.82, 2.24) is 0 Å². The lowest BCUT2D eigenvalue weighted by Gasteiger charge is -2.41. The van der Waals surface area contributed by atoms with Gasteiger partial charge in [-0.3, -0.25) is 0 Å². The first-order chi connectivity index (χ1) is 18.6. The van der Waals surface area contributed by atoms with E-state index in [1.165, 1.54) is 66.4 Å². The van der Waals surface area contributed by atoms with Crippen LogP contribution in [0.2, 0.25) is 18.1 Å². The largest absolute Gasteiger partial charge is 0.543 e. The molecule has 1 aliphatic heterocycles. The highest BCUT2D eigenvalue weighted by atomic mass is 28.4. The van der Waals surface area contributed by atoms with E-state index in [1.807, 2.05) is 0 Å². The van der Waals surface area contributed by atoms with E-state index in [4.69, 9.17) is 9.16 Å². The van der Waals surface area contributed by atoms with E-state index in [2.05, 4.69) is 93.6 Å². The van der Waals surface area contributed by atoms with Crippen LogP contribution in [0.15, 0.2) is 34.9 Å². The molecular formula is C37H60O2Si. The van der Waals surface area contributed by atoms with E-state index in [0.717, 1.165) is 50.0 Å². The number of ether oxygens (including phenoxy) is 1. The maximum absolute atomic E-state index is 6.87. The van der Waals surface area contributed by atoms with E-state index in [1.54, 1.807) is 11.1 Å². The Morgan fingerprint density at radius 3 is 2.10 bits per heavy atom. The molecule has 40 heavy (non-hydrogen) atoms. The van der Waals surface area contributed by atoms with Gasteiger partial charge in [0, 0.05) is 5.56 Å². The minimum absolute atomic E-state index is 0.112. The molecule has 0 amide bonds. The van der Waals surface area contributed by atoms with Gasteiger partial charge >= 0.3 is 0 Å². The summed E-state index contributed by atoms with van der Waals surface area (Å²) in [5, 5.41) is 0.179. The Morgan fingerprint density at radius 1 is 0.875 bits per heavy atom. The Bertz CT molecular complexity index is 1120. The third-order valence-corrected chi connectivity index (χ3v) is 14.5. The van der Waals surface area contributed by atoms with Gasteiger partial charge in [0.05, 0.1) is 0 Å². The van der Waals surface area contributed by atoms with Crippen LogP contribution in [0.1, 0.15) is 134 Å². The summed E-state index contributed by atoms with van der Waals surface area (Å²) in [6.07, 6.45) is 21.9. The highest BCUT2D eigenvalue weighted by molar-refractivity contribution is 6.74. The zero-order valence-corrected chi connectivity index (χ0v) is 29.0.